The molecule has 2 fully saturated rings. The molecule has 2 aromatic rings. The van der Waals surface area contributed by atoms with Crippen LogP contribution in [0.5, 0.6) is 0 Å². The number of nitrogens with zero attached hydrogens (tertiary/aromatic N) is 4. The summed E-state index contributed by atoms with van der Waals surface area (Å²) in [6.07, 6.45) is 4.04. The first kappa shape index (κ1) is 20.1. The molecule has 2 aliphatic rings. The number of aromatic nitrogens is 3. The van der Waals surface area contributed by atoms with E-state index in [9.17, 15) is 4.79 Å². The van der Waals surface area contributed by atoms with Gasteiger partial charge in [0, 0.05) is 43.5 Å². The van der Waals surface area contributed by atoms with Gasteiger partial charge in [-0.1, -0.05) is 19.0 Å². The molecule has 0 aliphatic carbocycles. The third-order valence-corrected chi connectivity index (χ3v) is 5.99. The number of rotatable bonds is 5. The SMILES string of the molecule is Cc1cnc(CN2CCC3(CC2)CC(=O)N(Cc2cc(C(C)C)on2)CCO3)[nH]1. The van der Waals surface area contributed by atoms with Crippen molar-refractivity contribution in [2.24, 2.45) is 0 Å². The summed E-state index contributed by atoms with van der Waals surface area (Å²) < 4.78 is 11.6. The maximum Gasteiger partial charge on any atom is 0.225 e. The number of carbonyl (C=O) groups excluding carboxylic acids is 1. The standard InChI is InChI=1S/C21H31N5O3/c1-15(2)18-10-17(24-29-18)13-26-8-9-28-21(11-20(26)27)4-6-25(7-5-21)14-19-22-12-16(3)23-19/h10,12,15H,4-9,11,13-14H2,1-3H3,(H,22,23). The number of piperidine rings is 1. The fraction of sp³-hybridized carbons (Fsp3) is 0.667. The Hall–Kier alpha value is -2.19. The minimum absolute atomic E-state index is 0.145. The molecule has 1 amide bonds. The van der Waals surface area contributed by atoms with Crippen LogP contribution in [-0.4, -0.2) is 62.7 Å². The van der Waals surface area contributed by atoms with Gasteiger partial charge >= 0.3 is 0 Å². The van der Waals surface area contributed by atoms with Crippen molar-refractivity contribution in [3.05, 3.63) is 35.2 Å². The van der Waals surface area contributed by atoms with Gasteiger partial charge in [0.25, 0.3) is 0 Å². The molecule has 0 atom stereocenters. The highest BCUT2D eigenvalue weighted by Gasteiger charge is 2.40. The predicted molar refractivity (Wildman–Crippen MR) is 107 cm³/mol. The topological polar surface area (TPSA) is 87.5 Å². The second-order valence-corrected chi connectivity index (χ2v) is 8.69. The average molecular weight is 402 g/mol. The molecule has 29 heavy (non-hydrogen) atoms. The molecule has 0 saturated carbocycles. The molecule has 0 radical (unpaired) electrons. The van der Waals surface area contributed by atoms with E-state index in [0.717, 1.165) is 55.4 Å². The molecular formula is C21H31N5O3. The number of amides is 1. The van der Waals surface area contributed by atoms with Crippen molar-refractivity contribution < 1.29 is 14.1 Å². The molecule has 8 nitrogen and oxygen atoms in total. The summed E-state index contributed by atoms with van der Waals surface area (Å²) in [5, 5.41) is 4.13. The van der Waals surface area contributed by atoms with E-state index in [1.807, 2.05) is 24.1 Å². The van der Waals surface area contributed by atoms with E-state index in [-0.39, 0.29) is 17.4 Å². The number of aryl methyl sites for hydroxylation is 1. The maximum atomic E-state index is 13.0. The van der Waals surface area contributed by atoms with E-state index in [1.165, 1.54) is 0 Å². The molecule has 0 aromatic carbocycles. The fourth-order valence-electron chi connectivity index (χ4n) is 4.17. The summed E-state index contributed by atoms with van der Waals surface area (Å²) in [7, 11) is 0. The number of aromatic amines is 1. The molecule has 4 heterocycles. The molecule has 8 heteroatoms. The summed E-state index contributed by atoms with van der Waals surface area (Å²) in [4.78, 5) is 24.9. The van der Waals surface area contributed by atoms with Crippen LogP contribution in [0.4, 0.5) is 0 Å². The van der Waals surface area contributed by atoms with Crippen LogP contribution in [0.3, 0.4) is 0 Å². The first-order chi connectivity index (χ1) is 13.9. The summed E-state index contributed by atoms with van der Waals surface area (Å²) in [6.45, 7) is 10.4. The van der Waals surface area contributed by atoms with Crippen LogP contribution in [0.15, 0.2) is 16.8 Å². The van der Waals surface area contributed by atoms with Gasteiger partial charge in [0.05, 0.1) is 31.7 Å². The lowest BCUT2D eigenvalue weighted by atomic mass is 9.87. The first-order valence-electron chi connectivity index (χ1n) is 10.5. The Morgan fingerprint density at radius 3 is 2.69 bits per heavy atom. The molecular weight excluding hydrogens is 370 g/mol. The zero-order valence-corrected chi connectivity index (χ0v) is 17.6. The Bertz CT molecular complexity index is 835. The third kappa shape index (κ3) is 4.70. The lowest BCUT2D eigenvalue weighted by Crippen LogP contribution is -2.47. The van der Waals surface area contributed by atoms with E-state index >= 15 is 0 Å². The average Bonchev–Trinajstić information content (AvgIpc) is 3.28. The maximum absolute atomic E-state index is 13.0. The van der Waals surface area contributed by atoms with Gasteiger partial charge in [0.15, 0.2) is 0 Å². The van der Waals surface area contributed by atoms with Gasteiger partial charge in [-0.05, 0) is 19.8 Å². The largest absolute Gasteiger partial charge is 0.373 e. The lowest BCUT2D eigenvalue weighted by molar-refractivity contribution is -0.136. The van der Waals surface area contributed by atoms with Crippen LogP contribution in [0.2, 0.25) is 0 Å². The Kier molecular flexibility index (Phi) is 5.74. The molecule has 2 aliphatic heterocycles. The molecule has 1 N–H and O–H groups in total. The van der Waals surface area contributed by atoms with Gasteiger partial charge in [-0.2, -0.15) is 0 Å². The van der Waals surface area contributed by atoms with Gasteiger partial charge in [0.2, 0.25) is 5.91 Å². The van der Waals surface area contributed by atoms with Crippen molar-refractivity contribution >= 4 is 5.91 Å². The quantitative estimate of drug-likeness (QED) is 0.829. The van der Waals surface area contributed by atoms with Crippen LogP contribution in [0, 0.1) is 6.92 Å². The van der Waals surface area contributed by atoms with Crippen LogP contribution in [0.25, 0.3) is 0 Å². The van der Waals surface area contributed by atoms with Crippen molar-refractivity contribution in [1.82, 2.24) is 24.9 Å². The summed E-state index contributed by atoms with van der Waals surface area (Å²) >= 11 is 0. The van der Waals surface area contributed by atoms with E-state index in [4.69, 9.17) is 9.26 Å². The minimum atomic E-state index is -0.339. The van der Waals surface area contributed by atoms with E-state index in [1.54, 1.807) is 0 Å². The predicted octanol–water partition coefficient (Wildman–Crippen LogP) is 2.61. The fourth-order valence-corrected chi connectivity index (χ4v) is 4.17. The Balaban J connectivity index is 1.33. The van der Waals surface area contributed by atoms with Gasteiger partial charge < -0.3 is 19.1 Å². The Morgan fingerprint density at radius 1 is 1.24 bits per heavy atom. The van der Waals surface area contributed by atoms with E-state index in [2.05, 4.69) is 33.9 Å². The van der Waals surface area contributed by atoms with Crippen LogP contribution >= 0.6 is 0 Å². The molecule has 4 rings (SSSR count). The highest BCUT2D eigenvalue weighted by Crippen LogP contribution is 2.33. The summed E-state index contributed by atoms with van der Waals surface area (Å²) in [5.74, 6) is 2.29. The highest BCUT2D eigenvalue weighted by molar-refractivity contribution is 5.77. The number of H-pyrrole nitrogens is 1. The summed E-state index contributed by atoms with van der Waals surface area (Å²) in [5.41, 5.74) is 1.55. The van der Waals surface area contributed by atoms with Crippen molar-refractivity contribution in [2.45, 2.75) is 64.6 Å². The van der Waals surface area contributed by atoms with Crippen molar-refractivity contribution in [3.63, 3.8) is 0 Å². The van der Waals surface area contributed by atoms with Crippen LogP contribution in [0.1, 0.15) is 62.0 Å². The second-order valence-electron chi connectivity index (χ2n) is 8.69. The number of hydrogen-bond donors (Lipinski definition) is 1. The second kappa shape index (κ2) is 8.28. The third-order valence-electron chi connectivity index (χ3n) is 5.99. The number of carbonyl (C=O) groups is 1. The van der Waals surface area contributed by atoms with Gasteiger partial charge in [-0.3, -0.25) is 9.69 Å². The monoisotopic (exact) mass is 401 g/mol. The zero-order valence-electron chi connectivity index (χ0n) is 17.6. The van der Waals surface area contributed by atoms with Crippen LogP contribution < -0.4 is 0 Å². The molecule has 0 bridgehead atoms. The summed E-state index contributed by atoms with van der Waals surface area (Å²) in [6, 6.07) is 1.95. The van der Waals surface area contributed by atoms with Crippen molar-refractivity contribution in [1.29, 1.82) is 0 Å². The van der Waals surface area contributed by atoms with E-state index in [0.29, 0.717) is 26.1 Å². The number of ether oxygens (including phenoxy) is 1. The Morgan fingerprint density at radius 2 is 2.03 bits per heavy atom. The highest BCUT2D eigenvalue weighted by atomic mass is 16.5. The molecule has 2 saturated heterocycles. The minimum Gasteiger partial charge on any atom is -0.373 e. The Labute approximate surface area is 171 Å². The van der Waals surface area contributed by atoms with Gasteiger partial charge in [-0.25, -0.2) is 4.98 Å². The molecule has 0 unspecified atom stereocenters. The number of imidazole rings is 1. The molecule has 1 spiro atoms. The molecule has 158 valence electrons. The van der Waals surface area contributed by atoms with Crippen LogP contribution in [-0.2, 0) is 22.6 Å². The van der Waals surface area contributed by atoms with E-state index < -0.39 is 0 Å². The first-order valence-corrected chi connectivity index (χ1v) is 10.5. The zero-order chi connectivity index (χ0) is 20.4. The van der Waals surface area contributed by atoms with Crippen molar-refractivity contribution in [2.75, 3.05) is 26.2 Å². The molecule has 2 aromatic heterocycles. The van der Waals surface area contributed by atoms with Crippen molar-refractivity contribution in [3.8, 4) is 0 Å². The smallest absolute Gasteiger partial charge is 0.225 e. The number of likely N-dealkylation sites (tertiary alicyclic amines) is 1. The number of hydrogen-bond acceptors (Lipinski definition) is 6. The lowest BCUT2D eigenvalue weighted by Gasteiger charge is -2.40. The normalized spacial score (nSPS) is 20.6. The number of nitrogens with one attached hydrogen (secondary N) is 1. The van der Waals surface area contributed by atoms with Gasteiger partial charge in [0.1, 0.15) is 17.3 Å². The van der Waals surface area contributed by atoms with Gasteiger partial charge in [-0.15, -0.1) is 0 Å².